The van der Waals surface area contributed by atoms with E-state index in [9.17, 15) is 4.79 Å². The second-order valence-corrected chi connectivity index (χ2v) is 9.12. The minimum Gasteiger partial charge on any atom is -0.463 e. The summed E-state index contributed by atoms with van der Waals surface area (Å²) >= 11 is 0. The lowest BCUT2D eigenvalue weighted by Gasteiger charge is -2.35. The van der Waals surface area contributed by atoms with Crippen LogP contribution in [0.2, 0.25) is 0 Å². The van der Waals surface area contributed by atoms with Crippen LogP contribution in [0.15, 0.2) is 27.8 Å². The van der Waals surface area contributed by atoms with Gasteiger partial charge in [-0.1, -0.05) is 53.7 Å². The average molecular weight is 394 g/mol. The second-order valence-electron chi connectivity index (χ2n) is 9.12. The number of carbonyl (C=O) groups excluding carboxylic acids is 1. The van der Waals surface area contributed by atoms with Crippen LogP contribution in [0.5, 0.6) is 0 Å². The molecular formula is C26H35NO2. The van der Waals surface area contributed by atoms with Crippen LogP contribution < -0.4 is 0 Å². The fourth-order valence-corrected chi connectivity index (χ4v) is 4.58. The highest BCUT2D eigenvalue weighted by atomic mass is 16.3. The van der Waals surface area contributed by atoms with E-state index in [0.29, 0.717) is 23.7 Å². The number of aryl methyl sites for hydroxylation is 1. The standard InChI is InChI=1S/C24H29NO2.C2H6/c1-14(2)10-12-25-21-20-16-7-6-11-24(4,5)18(16)9-8-17(20)23-19(22(21)26)15(3)13-27-23;1-2/h8-9,13-14H,6-7,10-12H2,1-5H3;1-2H3. The molecule has 2 aromatic rings. The van der Waals surface area contributed by atoms with Crippen molar-refractivity contribution in [2.45, 2.75) is 79.6 Å². The first-order chi connectivity index (χ1) is 13.8. The number of furan rings is 1. The van der Waals surface area contributed by atoms with Gasteiger partial charge in [-0.15, -0.1) is 0 Å². The highest BCUT2D eigenvalue weighted by Gasteiger charge is 2.38. The van der Waals surface area contributed by atoms with E-state index >= 15 is 0 Å². The Bertz CT molecular complexity index is 944. The summed E-state index contributed by atoms with van der Waals surface area (Å²) in [4.78, 5) is 18.2. The van der Waals surface area contributed by atoms with Crippen molar-refractivity contribution in [3.63, 3.8) is 0 Å². The molecule has 3 nitrogen and oxygen atoms in total. The molecule has 1 aromatic carbocycles. The van der Waals surface area contributed by atoms with Gasteiger partial charge in [-0.05, 0) is 60.6 Å². The fourth-order valence-electron chi connectivity index (χ4n) is 4.58. The smallest absolute Gasteiger partial charge is 0.215 e. The number of aliphatic imine (C=N–C) groups is 1. The van der Waals surface area contributed by atoms with E-state index in [2.05, 4.69) is 39.8 Å². The number of benzene rings is 1. The minimum absolute atomic E-state index is 0.0317. The monoisotopic (exact) mass is 393 g/mol. The summed E-state index contributed by atoms with van der Waals surface area (Å²) < 4.78 is 5.84. The number of fused-ring (bicyclic) bond motifs is 5. The molecule has 0 radical (unpaired) electrons. The Kier molecular flexibility index (Phi) is 6.16. The average Bonchev–Trinajstić information content (AvgIpc) is 3.07. The number of carbonyl (C=O) groups is 1. The lowest BCUT2D eigenvalue weighted by molar-refractivity contribution is 0.106. The van der Waals surface area contributed by atoms with Gasteiger partial charge in [-0.25, -0.2) is 0 Å². The van der Waals surface area contributed by atoms with Gasteiger partial charge >= 0.3 is 0 Å². The van der Waals surface area contributed by atoms with Gasteiger partial charge in [0.2, 0.25) is 5.78 Å². The van der Waals surface area contributed by atoms with Crippen LogP contribution in [0.1, 0.15) is 93.4 Å². The van der Waals surface area contributed by atoms with Gasteiger partial charge in [0.25, 0.3) is 0 Å². The summed E-state index contributed by atoms with van der Waals surface area (Å²) in [6.07, 6.45) is 6.02. The topological polar surface area (TPSA) is 42.6 Å². The Morgan fingerprint density at radius 1 is 1.17 bits per heavy atom. The van der Waals surface area contributed by atoms with Gasteiger partial charge in [0, 0.05) is 17.7 Å². The SMILES string of the molecule is CC.Cc1coc2c1C(=O)C(=NCCC(C)C)c1c-2ccc2c1CCCC2(C)C. The molecule has 0 N–H and O–H groups in total. The van der Waals surface area contributed by atoms with Crippen LogP contribution in [0.4, 0.5) is 0 Å². The molecule has 0 spiro atoms. The first-order valence-electron chi connectivity index (χ1n) is 11.2. The Morgan fingerprint density at radius 3 is 2.59 bits per heavy atom. The molecule has 0 atom stereocenters. The molecule has 0 bridgehead atoms. The number of nitrogens with zero attached hydrogens (tertiary/aromatic N) is 1. The van der Waals surface area contributed by atoms with Crippen LogP contribution in [0.3, 0.4) is 0 Å². The molecule has 0 aliphatic heterocycles. The van der Waals surface area contributed by atoms with E-state index < -0.39 is 0 Å². The van der Waals surface area contributed by atoms with Crippen molar-refractivity contribution in [3.05, 3.63) is 46.2 Å². The summed E-state index contributed by atoms with van der Waals surface area (Å²) in [7, 11) is 0. The highest BCUT2D eigenvalue weighted by Crippen LogP contribution is 2.45. The van der Waals surface area contributed by atoms with E-state index in [-0.39, 0.29) is 11.2 Å². The molecule has 2 aliphatic carbocycles. The molecule has 2 aliphatic rings. The van der Waals surface area contributed by atoms with E-state index in [1.807, 2.05) is 20.8 Å². The Morgan fingerprint density at radius 2 is 1.90 bits per heavy atom. The Hall–Kier alpha value is -2.16. The van der Waals surface area contributed by atoms with E-state index in [0.717, 1.165) is 41.7 Å². The molecule has 1 heterocycles. The van der Waals surface area contributed by atoms with E-state index in [4.69, 9.17) is 9.41 Å². The molecule has 29 heavy (non-hydrogen) atoms. The maximum absolute atomic E-state index is 13.4. The molecule has 0 fully saturated rings. The lowest BCUT2D eigenvalue weighted by atomic mass is 9.69. The zero-order valence-electron chi connectivity index (χ0n) is 19.1. The van der Waals surface area contributed by atoms with Crippen LogP contribution in [-0.2, 0) is 11.8 Å². The number of ketones is 1. The molecule has 0 amide bonds. The maximum atomic E-state index is 13.4. The Balaban J connectivity index is 0.00000117. The second kappa shape index (κ2) is 8.30. The first-order valence-corrected chi connectivity index (χ1v) is 11.2. The number of hydrogen-bond acceptors (Lipinski definition) is 3. The van der Waals surface area contributed by atoms with Crippen molar-refractivity contribution < 1.29 is 9.21 Å². The largest absolute Gasteiger partial charge is 0.463 e. The first kappa shape index (κ1) is 21.5. The van der Waals surface area contributed by atoms with Crippen LogP contribution >= 0.6 is 0 Å². The summed E-state index contributed by atoms with van der Waals surface area (Å²) in [6.45, 7) is 15.6. The number of rotatable bonds is 3. The molecule has 3 heteroatoms. The van der Waals surface area contributed by atoms with E-state index in [1.54, 1.807) is 6.26 Å². The molecule has 0 saturated carbocycles. The molecular weight excluding hydrogens is 358 g/mol. The zero-order chi connectivity index (χ0) is 21.3. The lowest BCUT2D eigenvalue weighted by Crippen LogP contribution is -2.30. The summed E-state index contributed by atoms with van der Waals surface area (Å²) in [5, 5.41) is 0. The third-order valence-corrected chi connectivity index (χ3v) is 6.15. The van der Waals surface area contributed by atoms with Gasteiger partial charge in [-0.3, -0.25) is 9.79 Å². The van der Waals surface area contributed by atoms with Crippen molar-refractivity contribution in [3.8, 4) is 11.3 Å². The third kappa shape index (κ3) is 3.72. The van der Waals surface area contributed by atoms with Crippen molar-refractivity contribution in [2.24, 2.45) is 10.9 Å². The number of hydrogen-bond donors (Lipinski definition) is 0. The van der Waals surface area contributed by atoms with Crippen LogP contribution in [-0.4, -0.2) is 18.0 Å². The van der Waals surface area contributed by atoms with Crippen molar-refractivity contribution in [1.82, 2.24) is 0 Å². The maximum Gasteiger partial charge on any atom is 0.215 e. The molecule has 0 unspecified atom stereocenters. The van der Waals surface area contributed by atoms with Gasteiger partial charge in [-0.2, -0.15) is 0 Å². The molecule has 0 saturated heterocycles. The van der Waals surface area contributed by atoms with Gasteiger partial charge in [0.1, 0.15) is 11.5 Å². The van der Waals surface area contributed by atoms with Crippen molar-refractivity contribution in [1.29, 1.82) is 0 Å². The van der Waals surface area contributed by atoms with Crippen LogP contribution in [0, 0.1) is 12.8 Å². The summed E-state index contributed by atoms with van der Waals surface area (Å²) in [5.74, 6) is 1.33. The normalized spacial score (nSPS) is 18.1. The predicted molar refractivity (Wildman–Crippen MR) is 121 cm³/mol. The minimum atomic E-state index is 0.0317. The summed E-state index contributed by atoms with van der Waals surface area (Å²) in [6, 6.07) is 4.39. The fraction of sp³-hybridized carbons (Fsp3) is 0.538. The third-order valence-electron chi connectivity index (χ3n) is 6.15. The zero-order valence-corrected chi connectivity index (χ0v) is 19.1. The molecule has 4 rings (SSSR count). The van der Waals surface area contributed by atoms with Crippen molar-refractivity contribution >= 4 is 11.5 Å². The molecule has 156 valence electrons. The van der Waals surface area contributed by atoms with Gasteiger partial charge in [0.15, 0.2) is 0 Å². The number of Topliss-reactive ketones (excluding diaryl/α,β-unsaturated/α-hetero) is 1. The predicted octanol–water partition coefficient (Wildman–Crippen LogP) is 6.93. The Labute approximate surface area is 175 Å². The summed E-state index contributed by atoms with van der Waals surface area (Å²) in [5.41, 5.74) is 7.12. The highest BCUT2D eigenvalue weighted by molar-refractivity contribution is 6.55. The quantitative estimate of drug-likeness (QED) is 0.567. The van der Waals surface area contributed by atoms with E-state index in [1.165, 1.54) is 17.5 Å². The van der Waals surface area contributed by atoms with Crippen molar-refractivity contribution in [2.75, 3.05) is 6.54 Å². The van der Waals surface area contributed by atoms with Gasteiger partial charge < -0.3 is 4.42 Å². The van der Waals surface area contributed by atoms with Gasteiger partial charge in [0.05, 0.1) is 11.8 Å². The van der Waals surface area contributed by atoms with Crippen LogP contribution in [0.25, 0.3) is 11.3 Å². The molecule has 1 aromatic heterocycles.